The second-order valence-electron chi connectivity index (χ2n) is 5.06. The van der Waals surface area contributed by atoms with Crippen LogP contribution in [-0.2, 0) is 10.0 Å². The molecule has 0 aliphatic carbocycles. The summed E-state index contributed by atoms with van der Waals surface area (Å²) in [7, 11) is -0.655. The van der Waals surface area contributed by atoms with Crippen LogP contribution in [0.4, 0.5) is 0 Å². The van der Waals surface area contributed by atoms with Crippen molar-refractivity contribution in [1.29, 1.82) is 0 Å². The Balaban J connectivity index is 0.00000242. The zero-order valence-corrected chi connectivity index (χ0v) is 14.4. The number of methoxy groups -OCH3 is 2. The molecule has 0 saturated carbocycles. The van der Waals surface area contributed by atoms with Gasteiger partial charge in [0.15, 0.2) is 0 Å². The number of hydrogen-bond acceptors (Lipinski definition) is 5. The van der Waals surface area contributed by atoms with Gasteiger partial charge in [-0.1, -0.05) is 0 Å². The lowest BCUT2D eigenvalue weighted by Gasteiger charge is -2.13. The maximum atomic E-state index is 12.4. The first-order valence-corrected chi connectivity index (χ1v) is 8.47. The summed E-state index contributed by atoms with van der Waals surface area (Å²) in [6, 6.07) is 4.73. The van der Waals surface area contributed by atoms with Crippen molar-refractivity contribution < 1.29 is 17.9 Å². The molecule has 1 aliphatic rings. The summed E-state index contributed by atoms with van der Waals surface area (Å²) in [6.07, 6.45) is 1.93. The first-order chi connectivity index (χ1) is 10.1. The summed E-state index contributed by atoms with van der Waals surface area (Å²) >= 11 is 0. The molecule has 0 amide bonds. The maximum Gasteiger partial charge on any atom is 0.244 e. The smallest absolute Gasteiger partial charge is 0.244 e. The van der Waals surface area contributed by atoms with Gasteiger partial charge in [-0.05, 0) is 44.0 Å². The second kappa shape index (κ2) is 8.57. The highest BCUT2D eigenvalue weighted by atomic mass is 35.5. The van der Waals surface area contributed by atoms with Gasteiger partial charge in [-0.2, -0.15) is 0 Å². The van der Waals surface area contributed by atoms with Crippen molar-refractivity contribution >= 4 is 22.4 Å². The van der Waals surface area contributed by atoms with Crippen molar-refractivity contribution in [3.05, 3.63) is 18.2 Å². The number of nitrogens with one attached hydrogen (secondary N) is 2. The molecular formula is C14H23ClN2O4S. The second-order valence-corrected chi connectivity index (χ2v) is 6.80. The molecule has 126 valence electrons. The molecule has 6 nitrogen and oxygen atoms in total. The fraction of sp³-hybridized carbons (Fsp3) is 0.571. The van der Waals surface area contributed by atoms with Gasteiger partial charge in [-0.25, -0.2) is 13.1 Å². The molecular weight excluding hydrogens is 328 g/mol. The van der Waals surface area contributed by atoms with Crippen molar-refractivity contribution in [3.8, 4) is 11.5 Å². The molecule has 1 unspecified atom stereocenters. The Morgan fingerprint density at radius 2 is 2.09 bits per heavy atom. The Kier molecular flexibility index (Phi) is 7.41. The monoisotopic (exact) mass is 350 g/mol. The van der Waals surface area contributed by atoms with Crippen molar-refractivity contribution in [2.24, 2.45) is 5.92 Å². The third kappa shape index (κ3) is 4.74. The Labute approximate surface area is 138 Å². The zero-order valence-electron chi connectivity index (χ0n) is 12.8. The SMILES string of the molecule is COc1ccc(OC)c(S(=O)(=O)NCCC2CCNC2)c1.Cl. The highest BCUT2D eigenvalue weighted by Crippen LogP contribution is 2.28. The standard InChI is InChI=1S/C14H22N2O4S.ClH/c1-19-12-3-4-13(20-2)14(9-12)21(17,18)16-8-6-11-5-7-15-10-11;/h3-4,9,11,15-16H,5-8,10H2,1-2H3;1H. The minimum Gasteiger partial charge on any atom is -0.497 e. The number of benzene rings is 1. The molecule has 1 heterocycles. The van der Waals surface area contributed by atoms with Gasteiger partial charge in [0.05, 0.1) is 14.2 Å². The predicted molar refractivity (Wildman–Crippen MR) is 87.6 cm³/mol. The quantitative estimate of drug-likeness (QED) is 0.777. The lowest BCUT2D eigenvalue weighted by molar-refractivity contribution is 0.391. The topological polar surface area (TPSA) is 76.7 Å². The van der Waals surface area contributed by atoms with Crippen LogP contribution in [0.1, 0.15) is 12.8 Å². The molecule has 1 aromatic rings. The van der Waals surface area contributed by atoms with Crippen LogP contribution in [0.3, 0.4) is 0 Å². The summed E-state index contributed by atoms with van der Waals surface area (Å²) in [5.41, 5.74) is 0. The third-order valence-corrected chi connectivity index (χ3v) is 5.15. The van der Waals surface area contributed by atoms with E-state index in [0.29, 0.717) is 24.0 Å². The van der Waals surface area contributed by atoms with Crippen LogP contribution in [0.2, 0.25) is 0 Å². The van der Waals surface area contributed by atoms with E-state index in [0.717, 1.165) is 25.9 Å². The van der Waals surface area contributed by atoms with E-state index in [1.165, 1.54) is 20.3 Å². The molecule has 1 saturated heterocycles. The number of hydrogen-bond donors (Lipinski definition) is 2. The van der Waals surface area contributed by atoms with E-state index < -0.39 is 10.0 Å². The number of halogens is 1. The lowest BCUT2D eigenvalue weighted by Crippen LogP contribution is -2.27. The Bertz CT molecular complexity index is 574. The minimum atomic E-state index is -3.60. The van der Waals surface area contributed by atoms with Gasteiger partial charge in [0, 0.05) is 12.6 Å². The normalized spacial score (nSPS) is 17.8. The van der Waals surface area contributed by atoms with Gasteiger partial charge in [0.2, 0.25) is 10.0 Å². The first kappa shape index (κ1) is 19.0. The zero-order chi connectivity index (χ0) is 15.3. The largest absolute Gasteiger partial charge is 0.497 e. The third-order valence-electron chi connectivity index (χ3n) is 3.67. The minimum absolute atomic E-state index is 0. The summed E-state index contributed by atoms with van der Waals surface area (Å²) < 4.78 is 37.6. The summed E-state index contributed by atoms with van der Waals surface area (Å²) in [5.74, 6) is 1.34. The number of ether oxygens (including phenoxy) is 2. The Morgan fingerprint density at radius 1 is 1.32 bits per heavy atom. The average Bonchev–Trinajstić information content (AvgIpc) is 2.99. The molecule has 0 radical (unpaired) electrons. The molecule has 0 bridgehead atoms. The van der Waals surface area contributed by atoms with Crippen LogP contribution in [0.15, 0.2) is 23.1 Å². The molecule has 1 atom stereocenters. The van der Waals surface area contributed by atoms with Crippen LogP contribution in [0, 0.1) is 5.92 Å². The van der Waals surface area contributed by atoms with Gasteiger partial charge < -0.3 is 14.8 Å². The van der Waals surface area contributed by atoms with E-state index in [-0.39, 0.29) is 17.3 Å². The van der Waals surface area contributed by atoms with Gasteiger partial charge in [-0.3, -0.25) is 0 Å². The molecule has 0 spiro atoms. The van der Waals surface area contributed by atoms with Crippen molar-refractivity contribution in [2.45, 2.75) is 17.7 Å². The number of sulfonamides is 1. The van der Waals surface area contributed by atoms with E-state index in [1.807, 2.05) is 0 Å². The van der Waals surface area contributed by atoms with E-state index in [4.69, 9.17) is 9.47 Å². The van der Waals surface area contributed by atoms with E-state index in [9.17, 15) is 8.42 Å². The molecule has 8 heteroatoms. The molecule has 1 fully saturated rings. The van der Waals surface area contributed by atoms with Crippen LogP contribution in [0.25, 0.3) is 0 Å². The Hall–Kier alpha value is -1.02. The van der Waals surface area contributed by atoms with Gasteiger partial charge in [0.1, 0.15) is 16.4 Å². The summed E-state index contributed by atoms with van der Waals surface area (Å²) in [6.45, 7) is 2.40. The fourth-order valence-electron chi connectivity index (χ4n) is 2.43. The first-order valence-electron chi connectivity index (χ1n) is 6.99. The highest BCUT2D eigenvalue weighted by molar-refractivity contribution is 7.89. The van der Waals surface area contributed by atoms with E-state index in [2.05, 4.69) is 10.0 Å². The molecule has 2 N–H and O–H groups in total. The van der Waals surface area contributed by atoms with Crippen LogP contribution >= 0.6 is 12.4 Å². The van der Waals surface area contributed by atoms with Crippen LogP contribution < -0.4 is 19.5 Å². The van der Waals surface area contributed by atoms with Gasteiger partial charge >= 0.3 is 0 Å². The predicted octanol–water partition coefficient (Wildman–Crippen LogP) is 1.40. The number of rotatable bonds is 7. The maximum absolute atomic E-state index is 12.4. The molecule has 1 aromatic carbocycles. The van der Waals surface area contributed by atoms with E-state index in [1.54, 1.807) is 12.1 Å². The Morgan fingerprint density at radius 3 is 2.68 bits per heavy atom. The average molecular weight is 351 g/mol. The van der Waals surface area contributed by atoms with Gasteiger partial charge in [-0.15, -0.1) is 12.4 Å². The highest BCUT2D eigenvalue weighted by Gasteiger charge is 2.21. The van der Waals surface area contributed by atoms with Crippen LogP contribution in [-0.4, -0.2) is 42.3 Å². The molecule has 1 aliphatic heterocycles. The van der Waals surface area contributed by atoms with Crippen molar-refractivity contribution in [1.82, 2.24) is 10.0 Å². The lowest BCUT2D eigenvalue weighted by atomic mass is 10.1. The van der Waals surface area contributed by atoms with Gasteiger partial charge in [0.25, 0.3) is 0 Å². The summed E-state index contributed by atoms with van der Waals surface area (Å²) in [5, 5.41) is 3.27. The van der Waals surface area contributed by atoms with Crippen molar-refractivity contribution in [3.63, 3.8) is 0 Å². The van der Waals surface area contributed by atoms with E-state index >= 15 is 0 Å². The van der Waals surface area contributed by atoms with Crippen LogP contribution in [0.5, 0.6) is 11.5 Å². The summed E-state index contributed by atoms with van der Waals surface area (Å²) in [4.78, 5) is 0.105. The molecule has 0 aromatic heterocycles. The molecule has 2 rings (SSSR count). The van der Waals surface area contributed by atoms with Crippen molar-refractivity contribution in [2.75, 3.05) is 33.9 Å². The molecule has 22 heavy (non-hydrogen) atoms. The fourth-order valence-corrected chi connectivity index (χ4v) is 3.66.